The fraction of sp³-hybridized carbons (Fsp3) is 0.571. The van der Waals surface area contributed by atoms with Crippen LogP contribution < -0.4 is 0 Å². The molecule has 3 rings (SSSR count). The van der Waals surface area contributed by atoms with E-state index in [1.165, 1.54) is 5.56 Å². The lowest BCUT2D eigenvalue weighted by molar-refractivity contribution is -0.815. The van der Waals surface area contributed by atoms with Crippen molar-refractivity contribution in [2.24, 2.45) is 11.8 Å². The van der Waals surface area contributed by atoms with Gasteiger partial charge in [0.1, 0.15) is 0 Å². The van der Waals surface area contributed by atoms with Crippen molar-refractivity contribution in [1.82, 2.24) is 4.90 Å². The summed E-state index contributed by atoms with van der Waals surface area (Å²) in [5, 5.41) is 0. The molecule has 1 aliphatic carbocycles. The van der Waals surface area contributed by atoms with E-state index >= 15 is 0 Å². The van der Waals surface area contributed by atoms with Gasteiger partial charge in [-0.3, -0.25) is 4.90 Å². The fourth-order valence-corrected chi connectivity index (χ4v) is 3.08. The molecule has 1 aliphatic heterocycles. The Morgan fingerprint density at radius 2 is 1.94 bits per heavy atom. The van der Waals surface area contributed by atoms with Crippen LogP contribution in [-0.4, -0.2) is 35.6 Å². The molecule has 18 heavy (non-hydrogen) atoms. The lowest BCUT2D eigenvalue weighted by Crippen LogP contribution is -2.29. The van der Waals surface area contributed by atoms with E-state index in [2.05, 4.69) is 29.2 Å². The zero-order chi connectivity index (χ0) is 12.5. The predicted molar refractivity (Wildman–Crippen MR) is 67.7 cm³/mol. The second kappa shape index (κ2) is 4.69. The number of piperidine rings is 1. The Morgan fingerprint density at radius 1 is 1.28 bits per heavy atom. The summed E-state index contributed by atoms with van der Waals surface area (Å²) in [5.41, 5.74) is 1.35. The zero-order valence-electron chi connectivity index (χ0n) is 10.7. The van der Waals surface area contributed by atoms with E-state index in [9.17, 15) is 4.91 Å². The molecule has 1 saturated heterocycles. The molecule has 1 aromatic carbocycles. The first kappa shape index (κ1) is 11.7. The molecule has 2 unspecified atom stereocenters. The fourth-order valence-electron chi connectivity index (χ4n) is 3.08. The van der Waals surface area contributed by atoms with Gasteiger partial charge in [-0.15, -0.1) is 0 Å². The Kier molecular flexibility index (Phi) is 3.04. The van der Waals surface area contributed by atoms with Crippen LogP contribution in [0.4, 0.5) is 0 Å². The molecule has 0 spiro atoms. The molecule has 4 nitrogen and oxygen atoms in total. The second-order valence-corrected chi connectivity index (χ2v) is 5.20. The smallest absolute Gasteiger partial charge is 0.266 e. The van der Waals surface area contributed by atoms with Crippen LogP contribution in [0.15, 0.2) is 30.3 Å². The summed E-state index contributed by atoms with van der Waals surface area (Å²) >= 11 is 0. The molecular formula is C14H19N2O2+. The molecule has 0 bridgehead atoms. The first-order chi connectivity index (χ1) is 8.79. The van der Waals surface area contributed by atoms with Crippen LogP contribution in [-0.2, 0) is 11.4 Å². The van der Waals surface area contributed by atoms with Gasteiger partial charge in [0.05, 0.1) is 16.7 Å². The lowest BCUT2D eigenvalue weighted by atomic mass is 10.2. The van der Waals surface area contributed by atoms with E-state index in [-0.39, 0.29) is 6.04 Å². The van der Waals surface area contributed by atoms with Gasteiger partial charge in [-0.05, 0) is 12.5 Å². The SMILES string of the molecule is CCO[N+](=O)C1C2CN(Cc3ccccc3)CC21. The van der Waals surface area contributed by atoms with Crippen molar-refractivity contribution >= 4 is 0 Å². The summed E-state index contributed by atoms with van der Waals surface area (Å²) in [4.78, 5) is 19.8. The van der Waals surface area contributed by atoms with E-state index in [0.717, 1.165) is 24.6 Å². The summed E-state index contributed by atoms with van der Waals surface area (Å²) in [6.07, 6.45) is 0. The summed E-state index contributed by atoms with van der Waals surface area (Å²) in [7, 11) is 0. The van der Waals surface area contributed by atoms with Gasteiger partial charge in [-0.2, -0.15) is 0 Å². The normalized spacial score (nSPS) is 29.9. The first-order valence-electron chi connectivity index (χ1n) is 6.65. The van der Waals surface area contributed by atoms with Crippen LogP contribution in [0.3, 0.4) is 0 Å². The van der Waals surface area contributed by atoms with E-state index in [1.54, 1.807) is 0 Å². The average molecular weight is 247 g/mol. The molecule has 2 fully saturated rings. The van der Waals surface area contributed by atoms with Gasteiger partial charge in [0.15, 0.2) is 6.61 Å². The monoisotopic (exact) mass is 247 g/mol. The summed E-state index contributed by atoms with van der Waals surface area (Å²) in [5.74, 6) is 1.02. The molecule has 1 saturated carbocycles. The second-order valence-electron chi connectivity index (χ2n) is 5.20. The first-order valence-corrected chi connectivity index (χ1v) is 6.65. The molecule has 0 aromatic heterocycles. The highest BCUT2D eigenvalue weighted by atomic mass is 16.8. The van der Waals surface area contributed by atoms with Crippen molar-refractivity contribution in [3.05, 3.63) is 40.8 Å². The van der Waals surface area contributed by atoms with Crippen molar-refractivity contribution in [2.75, 3.05) is 19.7 Å². The Labute approximate surface area is 107 Å². The van der Waals surface area contributed by atoms with Gasteiger partial charge in [0.25, 0.3) is 6.04 Å². The highest BCUT2D eigenvalue weighted by Gasteiger charge is 2.67. The van der Waals surface area contributed by atoms with Gasteiger partial charge >= 0.3 is 0 Å². The van der Waals surface area contributed by atoms with E-state index in [0.29, 0.717) is 18.4 Å². The minimum Gasteiger partial charge on any atom is -0.298 e. The number of hydrogen-bond donors (Lipinski definition) is 0. The maximum absolute atomic E-state index is 11.6. The van der Waals surface area contributed by atoms with E-state index in [1.807, 2.05) is 13.0 Å². The zero-order valence-corrected chi connectivity index (χ0v) is 10.7. The van der Waals surface area contributed by atoms with E-state index in [4.69, 9.17) is 4.84 Å². The third kappa shape index (κ3) is 2.12. The largest absolute Gasteiger partial charge is 0.298 e. The lowest BCUT2D eigenvalue weighted by Gasteiger charge is -2.17. The Hall–Kier alpha value is -1.42. The standard InChI is InChI=1S/C14H19N2O2/c1-2-18-16(17)14-12-9-15(10-13(12)14)8-11-6-4-3-5-7-11/h3-7,12-14H,2,8-10H2,1H3/q+1. The van der Waals surface area contributed by atoms with Crippen molar-refractivity contribution in [3.8, 4) is 0 Å². The third-order valence-corrected chi connectivity index (χ3v) is 3.97. The molecule has 0 radical (unpaired) electrons. The Bertz CT molecular complexity index is 423. The Morgan fingerprint density at radius 3 is 2.56 bits per heavy atom. The van der Waals surface area contributed by atoms with Crippen LogP contribution in [0.5, 0.6) is 0 Å². The van der Waals surface area contributed by atoms with Crippen molar-refractivity contribution in [3.63, 3.8) is 0 Å². The van der Waals surface area contributed by atoms with Gasteiger partial charge in [-0.25, -0.2) is 4.84 Å². The predicted octanol–water partition coefficient (Wildman–Crippen LogP) is 1.85. The summed E-state index contributed by atoms with van der Waals surface area (Å²) < 4.78 is 0. The van der Waals surface area contributed by atoms with Gasteiger partial charge in [0.2, 0.25) is 4.92 Å². The molecule has 1 aromatic rings. The number of hydrogen-bond acceptors (Lipinski definition) is 3. The maximum atomic E-state index is 11.6. The minimum atomic E-state index is 0.108. The topological polar surface area (TPSA) is 32.6 Å². The molecule has 2 atom stereocenters. The van der Waals surface area contributed by atoms with Crippen molar-refractivity contribution < 1.29 is 9.76 Å². The van der Waals surface area contributed by atoms with Crippen LogP contribution in [0.1, 0.15) is 12.5 Å². The van der Waals surface area contributed by atoms with Gasteiger partial charge in [0, 0.05) is 19.6 Å². The minimum absolute atomic E-state index is 0.108. The van der Waals surface area contributed by atoms with Crippen molar-refractivity contribution in [1.29, 1.82) is 0 Å². The van der Waals surface area contributed by atoms with E-state index < -0.39 is 0 Å². The number of fused-ring (bicyclic) bond motifs is 1. The molecule has 4 heteroatoms. The Balaban J connectivity index is 1.51. The third-order valence-electron chi connectivity index (χ3n) is 3.97. The van der Waals surface area contributed by atoms with Crippen LogP contribution in [0.25, 0.3) is 0 Å². The average Bonchev–Trinajstić information content (AvgIpc) is 2.88. The van der Waals surface area contributed by atoms with Crippen LogP contribution >= 0.6 is 0 Å². The van der Waals surface area contributed by atoms with Crippen LogP contribution in [0, 0.1) is 16.7 Å². The molecule has 1 heterocycles. The maximum Gasteiger partial charge on any atom is 0.266 e. The molecular weight excluding hydrogens is 228 g/mol. The number of nitrogens with zero attached hydrogens (tertiary/aromatic N) is 2. The van der Waals surface area contributed by atoms with Crippen molar-refractivity contribution in [2.45, 2.75) is 19.5 Å². The summed E-state index contributed by atoms with van der Waals surface area (Å²) in [6.45, 7) is 5.36. The molecule has 0 amide bonds. The van der Waals surface area contributed by atoms with Gasteiger partial charge < -0.3 is 0 Å². The van der Waals surface area contributed by atoms with Gasteiger partial charge in [-0.1, -0.05) is 30.3 Å². The number of benzene rings is 1. The molecule has 0 N–H and O–H groups in total. The summed E-state index contributed by atoms with van der Waals surface area (Å²) in [6, 6.07) is 10.6. The molecule has 96 valence electrons. The molecule has 2 aliphatic rings. The number of rotatable bonds is 5. The van der Waals surface area contributed by atoms with Crippen LogP contribution in [0.2, 0.25) is 0 Å². The quantitative estimate of drug-likeness (QED) is 0.744. The highest BCUT2D eigenvalue weighted by molar-refractivity contribution is 5.16. The highest BCUT2D eigenvalue weighted by Crippen LogP contribution is 2.47. The number of likely N-dealkylation sites (tertiary alicyclic amines) is 1.